The van der Waals surface area contributed by atoms with Crippen LogP contribution in [-0.4, -0.2) is 0 Å². The van der Waals surface area contributed by atoms with Crippen LogP contribution in [0.15, 0.2) is 79.4 Å². The lowest BCUT2D eigenvalue weighted by Gasteiger charge is -2.06. The fraction of sp³-hybridized carbons (Fsp3) is 0.111. The molecule has 0 atom stereocenters. The predicted molar refractivity (Wildman–Crippen MR) is 127 cm³/mol. The molecule has 0 N–H and O–H groups in total. The molecule has 0 bridgehead atoms. The molecule has 0 aliphatic rings. The molecule has 0 fully saturated rings. The van der Waals surface area contributed by atoms with E-state index in [-0.39, 0.29) is 0 Å². The maximum atomic E-state index is 4.26. The number of benzene rings is 2. The van der Waals surface area contributed by atoms with Gasteiger partial charge in [-0.05, 0) is 55.2 Å². The minimum atomic E-state index is 0.956. The second-order valence-electron chi connectivity index (χ2n) is 6.56. The molecule has 0 saturated carbocycles. The molecule has 3 rings (SSSR count). The number of allylic oxidation sites excluding steroid dienone is 5. The Morgan fingerprint density at radius 3 is 2.61 bits per heavy atom. The Bertz CT molecular complexity index is 1170. The molecule has 0 spiro atoms. The van der Waals surface area contributed by atoms with Crippen molar-refractivity contribution >= 4 is 33.1 Å². The van der Waals surface area contributed by atoms with Gasteiger partial charge in [0.05, 0.1) is 0 Å². The van der Waals surface area contributed by atoms with Crippen molar-refractivity contribution in [2.24, 2.45) is 0 Å². The number of fused-ring (bicyclic) bond motifs is 1. The minimum absolute atomic E-state index is 0.956. The summed E-state index contributed by atoms with van der Waals surface area (Å²) in [6, 6.07) is 15.2. The summed E-state index contributed by atoms with van der Waals surface area (Å²) in [6.45, 7) is 14.4. The largest absolute Gasteiger partial charge is 0.134 e. The molecule has 0 amide bonds. The summed E-state index contributed by atoms with van der Waals surface area (Å²) in [7, 11) is 0. The molecule has 0 saturated heterocycles. The van der Waals surface area contributed by atoms with Gasteiger partial charge in [0, 0.05) is 20.5 Å². The van der Waals surface area contributed by atoms with E-state index in [2.05, 4.69) is 87.4 Å². The number of rotatable bonds is 5. The van der Waals surface area contributed by atoms with E-state index in [1.54, 1.807) is 11.3 Å². The maximum absolute atomic E-state index is 4.26. The van der Waals surface area contributed by atoms with Gasteiger partial charge < -0.3 is 0 Å². The van der Waals surface area contributed by atoms with E-state index >= 15 is 0 Å². The third-order valence-corrected chi connectivity index (χ3v) is 5.97. The van der Waals surface area contributed by atoms with Crippen LogP contribution in [0.4, 0.5) is 0 Å². The Balaban J connectivity index is 2.21. The normalized spacial score (nSPS) is 11.5. The molecule has 0 aliphatic carbocycles. The maximum Gasteiger partial charge on any atom is 0.0434 e. The molecule has 0 aliphatic heterocycles. The van der Waals surface area contributed by atoms with Crippen molar-refractivity contribution in [3.8, 4) is 23.0 Å². The third kappa shape index (κ3) is 3.79. The standard InChI is InChI=1S/C27H24S/c1-6-9-10-14-20(5)22(7-2)26-23(8-3)25-17-12-16-24(27(25)28-26)21-15-11-13-19(4)18-21/h7-8,10-18H,3,5H2,1-2,4H3/b14-10-,22-7-. The lowest BCUT2D eigenvalue weighted by Crippen LogP contribution is -1.85. The highest BCUT2D eigenvalue weighted by Crippen LogP contribution is 2.43. The smallest absolute Gasteiger partial charge is 0.0434 e. The van der Waals surface area contributed by atoms with Crippen LogP contribution in [0.2, 0.25) is 0 Å². The molecule has 0 nitrogen and oxygen atoms in total. The van der Waals surface area contributed by atoms with Crippen molar-refractivity contribution in [2.45, 2.75) is 20.8 Å². The van der Waals surface area contributed by atoms with Crippen molar-refractivity contribution < 1.29 is 0 Å². The van der Waals surface area contributed by atoms with Gasteiger partial charge in [0.2, 0.25) is 0 Å². The third-order valence-electron chi connectivity index (χ3n) is 4.68. The average Bonchev–Trinajstić information content (AvgIpc) is 3.07. The van der Waals surface area contributed by atoms with Crippen LogP contribution in [0.3, 0.4) is 0 Å². The molecule has 28 heavy (non-hydrogen) atoms. The van der Waals surface area contributed by atoms with Crippen LogP contribution >= 0.6 is 11.3 Å². The summed E-state index contributed by atoms with van der Waals surface area (Å²) in [5.41, 5.74) is 7.01. The zero-order chi connectivity index (χ0) is 20.1. The Hall–Kier alpha value is -3.08. The fourth-order valence-electron chi connectivity index (χ4n) is 3.36. The number of hydrogen-bond donors (Lipinski definition) is 0. The van der Waals surface area contributed by atoms with Crippen molar-refractivity contribution in [2.75, 3.05) is 0 Å². The SMILES string of the molecule is C=Cc1c(/C(=C\C)C(=C)/C=C\C#CC)sc2c(-c3cccc(C)c3)cccc12. The number of aryl methyl sites for hydroxylation is 1. The molecule has 3 aromatic rings. The van der Waals surface area contributed by atoms with Gasteiger partial charge in [-0.1, -0.05) is 79.3 Å². The second-order valence-corrected chi connectivity index (χ2v) is 7.58. The highest BCUT2D eigenvalue weighted by Gasteiger charge is 2.17. The number of thiophene rings is 1. The van der Waals surface area contributed by atoms with Crippen molar-refractivity contribution in [1.82, 2.24) is 0 Å². The fourth-order valence-corrected chi connectivity index (χ4v) is 4.81. The predicted octanol–water partition coefficient (Wildman–Crippen LogP) is 8.06. The van der Waals surface area contributed by atoms with Gasteiger partial charge in [0.25, 0.3) is 0 Å². The molecular formula is C27H24S. The van der Waals surface area contributed by atoms with Crippen LogP contribution in [-0.2, 0) is 0 Å². The van der Waals surface area contributed by atoms with Crippen LogP contribution in [0.25, 0.3) is 32.9 Å². The van der Waals surface area contributed by atoms with Crippen LogP contribution in [0.1, 0.15) is 29.9 Å². The van der Waals surface area contributed by atoms with Gasteiger partial charge in [0.1, 0.15) is 0 Å². The Labute approximate surface area is 172 Å². The molecule has 138 valence electrons. The van der Waals surface area contributed by atoms with E-state index < -0.39 is 0 Å². The van der Waals surface area contributed by atoms with Gasteiger partial charge in [-0.2, -0.15) is 0 Å². The zero-order valence-corrected chi connectivity index (χ0v) is 17.5. The van der Waals surface area contributed by atoms with Crippen molar-refractivity contribution in [1.29, 1.82) is 0 Å². The molecule has 2 aromatic carbocycles. The van der Waals surface area contributed by atoms with E-state index in [1.165, 1.54) is 37.2 Å². The molecular weight excluding hydrogens is 356 g/mol. The van der Waals surface area contributed by atoms with Gasteiger partial charge in [0.15, 0.2) is 0 Å². The summed E-state index contributed by atoms with van der Waals surface area (Å²) in [6.07, 6.45) is 7.91. The van der Waals surface area contributed by atoms with E-state index in [1.807, 2.05) is 25.2 Å². The first-order valence-corrected chi connectivity index (χ1v) is 10.1. The molecule has 1 aromatic heterocycles. The lowest BCUT2D eigenvalue weighted by molar-refractivity contribution is 1.47. The molecule has 1 heterocycles. The summed E-state index contributed by atoms with van der Waals surface area (Å²) >= 11 is 1.81. The van der Waals surface area contributed by atoms with Gasteiger partial charge >= 0.3 is 0 Å². The van der Waals surface area contributed by atoms with Crippen LogP contribution < -0.4 is 0 Å². The monoisotopic (exact) mass is 380 g/mol. The second kappa shape index (κ2) is 8.74. The molecule has 1 heteroatoms. The average molecular weight is 381 g/mol. The van der Waals surface area contributed by atoms with E-state index in [0.717, 1.165) is 11.1 Å². The zero-order valence-electron chi connectivity index (χ0n) is 16.7. The summed E-state index contributed by atoms with van der Waals surface area (Å²) < 4.78 is 1.28. The van der Waals surface area contributed by atoms with E-state index in [4.69, 9.17) is 0 Å². The quantitative estimate of drug-likeness (QED) is 0.310. The Morgan fingerprint density at radius 1 is 1.14 bits per heavy atom. The highest BCUT2D eigenvalue weighted by atomic mass is 32.1. The molecule has 0 radical (unpaired) electrons. The van der Waals surface area contributed by atoms with E-state index in [9.17, 15) is 0 Å². The van der Waals surface area contributed by atoms with E-state index in [0.29, 0.717) is 0 Å². The highest BCUT2D eigenvalue weighted by molar-refractivity contribution is 7.21. The van der Waals surface area contributed by atoms with Gasteiger partial charge in [-0.3, -0.25) is 0 Å². The summed E-state index contributed by atoms with van der Waals surface area (Å²) in [5, 5.41) is 1.23. The first kappa shape index (κ1) is 19.7. The Kier molecular flexibility index (Phi) is 6.14. The van der Waals surface area contributed by atoms with Crippen molar-refractivity contribution in [3.05, 3.63) is 95.4 Å². The first-order valence-electron chi connectivity index (χ1n) is 9.30. The minimum Gasteiger partial charge on any atom is -0.134 e. The van der Waals surface area contributed by atoms with Crippen LogP contribution in [0, 0.1) is 18.8 Å². The Morgan fingerprint density at radius 2 is 1.93 bits per heavy atom. The van der Waals surface area contributed by atoms with Gasteiger partial charge in [-0.25, -0.2) is 0 Å². The van der Waals surface area contributed by atoms with Gasteiger partial charge in [-0.15, -0.1) is 17.3 Å². The summed E-state index contributed by atoms with van der Waals surface area (Å²) in [5.74, 6) is 5.85. The summed E-state index contributed by atoms with van der Waals surface area (Å²) in [4.78, 5) is 1.20. The van der Waals surface area contributed by atoms with Crippen LogP contribution in [0.5, 0.6) is 0 Å². The molecule has 0 unspecified atom stereocenters. The van der Waals surface area contributed by atoms with Crippen molar-refractivity contribution in [3.63, 3.8) is 0 Å². The lowest BCUT2D eigenvalue weighted by atomic mass is 9.97. The first-order chi connectivity index (χ1) is 13.6. The number of hydrogen-bond acceptors (Lipinski definition) is 1. The topological polar surface area (TPSA) is 0 Å².